The number of nitrogens with one attached hydrogen (secondary N) is 1. The van der Waals surface area contributed by atoms with Crippen molar-refractivity contribution in [3.8, 4) is 0 Å². The van der Waals surface area contributed by atoms with Gasteiger partial charge in [-0.05, 0) is 49.7 Å². The van der Waals surface area contributed by atoms with Crippen molar-refractivity contribution in [2.45, 2.75) is 44.7 Å². The Balaban J connectivity index is 1.52. The van der Waals surface area contributed by atoms with E-state index in [0.29, 0.717) is 17.8 Å². The first-order valence-corrected chi connectivity index (χ1v) is 8.50. The van der Waals surface area contributed by atoms with Crippen molar-refractivity contribution in [1.29, 1.82) is 0 Å². The number of nitrogens with zero attached hydrogens (tertiary/aromatic N) is 2. The van der Waals surface area contributed by atoms with Crippen LogP contribution in [0, 0.1) is 12.8 Å². The van der Waals surface area contributed by atoms with Gasteiger partial charge in [-0.1, -0.05) is 29.4 Å². The molecule has 4 rings (SSSR count). The van der Waals surface area contributed by atoms with Crippen molar-refractivity contribution in [3.05, 3.63) is 47.1 Å². The summed E-state index contributed by atoms with van der Waals surface area (Å²) in [6.45, 7) is 3.52. The molecular formula is C18H23N3O2. The molecule has 0 unspecified atom stereocenters. The standard InChI is InChI=1S/C18H23N3O2/c1-12-19-18(23-21-12)17(13-6-8-22-9-7-13)20-16-10-14-4-2-3-5-15(14)11-16/h2-5,13,16-17,20H,6-11H2,1H3/t17-/m1/s1. The molecular weight excluding hydrogens is 290 g/mol. The fourth-order valence-electron chi connectivity index (χ4n) is 3.83. The summed E-state index contributed by atoms with van der Waals surface area (Å²) < 4.78 is 11.0. The Hall–Kier alpha value is -1.72. The maximum atomic E-state index is 5.52. The van der Waals surface area contributed by atoms with Crippen LogP contribution >= 0.6 is 0 Å². The number of benzene rings is 1. The van der Waals surface area contributed by atoms with Gasteiger partial charge in [0.1, 0.15) is 0 Å². The average molecular weight is 313 g/mol. The third-order valence-corrected chi connectivity index (χ3v) is 5.01. The molecule has 1 aromatic heterocycles. The van der Waals surface area contributed by atoms with Crippen LogP contribution in [0.3, 0.4) is 0 Å². The Morgan fingerprint density at radius 2 is 1.83 bits per heavy atom. The van der Waals surface area contributed by atoms with Crippen LogP contribution in [0.15, 0.2) is 28.8 Å². The van der Waals surface area contributed by atoms with E-state index in [9.17, 15) is 0 Å². The summed E-state index contributed by atoms with van der Waals surface area (Å²) in [5, 5.41) is 7.80. The van der Waals surface area contributed by atoms with Gasteiger partial charge in [-0.25, -0.2) is 0 Å². The van der Waals surface area contributed by atoms with Crippen LogP contribution in [-0.2, 0) is 17.6 Å². The molecule has 2 aliphatic rings. The highest BCUT2D eigenvalue weighted by molar-refractivity contribution is 5.33. The van der Waals surface area contributed by atoms with Crippen LogP contribution in [0.25, 0.3) is 0 Å². The highest BCUT2D eigenvalue weighted by atomic mass is 16.5. The summed E-state index contributed by atoms with van der Waals surface area (Å²) in [5.74, 6) is 1.92. The molecule has 23 heavy (non-hydrogen) atoms. The second-order valence-electron chi connectivity index (χ2n) is 6.65. The van der Waals surface area contributed by atoms with E-state index in [1.54, 1.807) is 0 Å². The van der Waals surface area contributed by atoms with Gasteiger partial charge in [-0.3, -0.25) is 0 Å². The number of ether oxygens (including phenoxy) is 1. The van der Waals surface area contributed by atoms with Gasteiger partial charge in [-0.2, -0.15) is 4.98 Å². The van der Waals surface area contributed by atoms with E-state index in [4.69, 9.17) is 9.26 Å². The second kappa shape index (κ2) is 6.42. The molecule has 2 aromatic rings. The van der Waals surface area contributed by atoms with Crippen LogP contribution in [0.1, 0.15) is 41.7 Å². The van der Waals surface area contributed by atoms with E-state index >= 15 is 0 Å². The predicted octanol–water partition coefficient (Wildman–Crippen LogP) is 2.60. The van der Waals surface area contributed by atoms with E-state index in [-0.39, 0.29) is 6.04 Å². The van der Waals surface area contributed by atoms with E-state index < -0.39 is 0 Å². The van der Waals surface area contributed by atoms with Crippen LogP contribution in [0.5, 0.6) is 0 Å². The fourth-order valence-corrected chi connectivity index (χ4v) is 3.83. The molecule has 1 aliphatic carbocycles. The zero-order chi connectivity index (χ0) is 15.6. The number of aryl methyl sites for hydroxylation is 1. The molecule has 1 atom stereocenters. The average Bonchev–Trinajstić information content (AvgIpc) is 3.19. The predicted molar refractivity (Wildman–Crippen MR) is 86.1 cm³/mol. The Labute approximate surface area is 136 Å². The summed E-state index contributed by atoms with van der Waals surface area (Å²) in [4.78, 5) is 4.50. The largest absolute Gasteiger partial charge is 0.381 e. The molecule has 0 amide bonds. The SMILES string of the molecule is Cc1noc([C@H](NC2Cc3ccccc3C2)C2CCOCC2)n1. The van der Waals surface area contributed by atoms with Crippen molar-refractivity contribution in [2.75, 3.05) is 13.2 Å². The van der Waals surface area contributed by atoms with Gasteiger partial charge in [0.2, 0.25) is 5.89 Å². The summed E-state index contributed by atoms with van der Waals surface area (Å²) in [6, 6.07) is 9.28. The third kappa shape index (κ3) is 3.16. The Morgan fingerprint density at radius 3 is 2.43 bits per heavy atom. The van der Waals surface area contributed by atoms with Gasteiger partial charge >= 0.3 is 0 Å². The quantitative estimate of drug-likeness (QED) is 0.940. The van der Waals surface area contributed by atoms with E-state index in [2.05, 4.69) is 39.7 Å². The van der Waals surface area contributed by atoms with Crippen molar-refractivity contribution in [1.82, 2.24) is 15.5 Å². The van der Waals surface area contributed by atoms with E-state index in [1.165, 1.54) is 11.1 Å². The first-order valence-electron chi connectivity index (χ1n) is 8.50. The van der Waals surface area contributed by atoms with Gasteiger partial charge in [0, 0.05) is 19.3 Å². The van der Waals surface area contributed by atoms with Gasteiger partial charge in [-0.15, -0.1) is 0 Å². The Morgan fingerprint density at radius 1 is 1.13 bits per heavy atom. The van der Waals surface area contributed by atoms with Crippen molar-refractivity contribution >= 4 is 0 Å². The summed E-state index contributed by atoms with van der Waals surface area (Å²) in [5.41, 5.74) is 2.91. The molecule has 2 heterocycles. The molecule has 0 spiro atoms. The summed E-state index contributed by atoms with van der Waals surface area (Å²) in [7, 11) is 0. The monoisotopic (exact) mass is 313 g/mol. The van der Waals surface area contributed by atoms with Gasteiger partial charge < -0.3 is 14.6 Å². The molecule has 0 saturated carbocycles. The molecule has 0 radical (unpaired) electrons. The minimum atomic E-state index is 0.124. The Kier molecular flexibility index (Phi) is 4.14. The summed E-state index contributed by atoms with van der Waals surface area (Å²) >= 11 is 0. The van der Waals surface area contributed by atoms with Crippen LogP contribution < -0.4 is 5.32 Å². The Bertz CT molecular complexity index is 639. The highest BCUT2D eigenvalue weighted by Gasteiger charge is 2.33. The second-order valence-corrected chi connectivity index (χ2v) is 6.65. The number of rotatable bonds is 4. The van der Waals surface area contributed by atoms with Crippen molar-refractivity contribution in [3.63, 3.8) is 0 Å². The lowest BCUT2D eigenvalue weighted by molar-refractivity contribution is 0.0469. The maximum absolute atomic E-state index is 5.52. The highest BCUT2D eigenvalue weighted by Crippen LogP contribution is 2.32. The zero-order valence-corrected chi connectivity index (χ0v) is 13.5. The molecule has 1 aliphatic heterocycles. The minimum Gasteiger partial charge on any atom is -0.381 e. The zero-order valence-electron chi connectivity index (χ0n) is 13.5. The molecule has 0 bridgehead atoms. The van der Waals surface area contributed by atoms with Gasteiger partial charge in [0.15, 0.2) is 5.82 Å². The smallest absolute Gasteiger partial charge is 0.244 e. The molecule has 122 valence electrons. The van der Waals surface area contributed by atoms with Crippen LogP contribution in [0.2, 0.25) is 0 Å². The fraction of sp³-hybridized carbons (Fsp3) is 0.556. The number of hydrogen-bond donors (Lipinski definition) is 1. The third-order valence-electron chi connectivity index (χ3n) is 5.01. The minimum absolute atomic E-state index is 0.124. The lowest BCUT2D eigenvalue weighted by atomic mass is 9.90. The normalized spacial score (nSPS) is 20.6. The van der Waals surface area contributed by atoms with Crippen LogP contribution in [-0.4, -0.2) is 29.4 Å². The van der Waals surface area contributed by atoms with Gasteiger partial charge in [0.25, 0.3) is 0 Å². The first kappa shape index (κ1) is 14.8. The molecule has 5 nitrogen and oxygen atoms in total. The number of hydrogen-bond acceptors (Lipinski definition) is 5. The maximum Gasteiger partial charge on any atom is 0.244 e. The molecule has 1 fully saturated rings. The molecule has 1 saturated heterocycles. The lowest BCUT2D eigenvalue weighted by Crippen LogP contribution is -2.39. The van der Waals surface area contributed by atoms with Gasteiger partial charge in [0.05, 0.1) is 6.04 Å². The first-order chi connectivity index (χ1) is 11.3. The van der Waals surface area contributed by atoms with E-state index in [1.807, 2.05) is 6.92 Å². The molecule has 5 heteroatoms. The molecule has 1 aromatic carbocycles. The van der Waals surface area contributed by atoms with Crippen molar-refractivity contribution < 1.29 is 9.26 Å². The lowest BCUT2D eigenvalue weighted by Gasteiger charge is -2.30. The number of fused-ring (bicyclic) bond motifs is 1. The van der Waals surface area contributed by atoms with Crippen LogP contribution in [0.4, 0.5) is 0 Å². The van der Waals surface area contributed by atoms with Crippen molar-refractivity contribution in [2.24, 2.45) is 5.92 Å². The number of aromatic nitrogens is 2. The summed E-state index contributed by atoms with van der Waals surface area (Å²) in [6.07, 6.45) is 4.23. The molecule has 1 N–H and O–H groups in total. The topological polar surface area (TPSA) is 60.2 Å². The van der Waals surface area contributed by atoms with E-state index in [0.717, 1.165) is 44.8 Å².